The summed E-state index contributed by atoms with van der Waals surface area (Å²) in [5, 5.41) is 1.54. The van der Waals surface area contributed by atoms with E-state index in [1.807, 2.05) is 13.0 Å². The predicted octanol–water partition coefficient (Wildman–Crippen LogP) is 5.25. The molecule has 36 heavy (non-hydrogen) atoms. The highest BCUT2D eigenvalue weighted by molar-refractivity contribution is 9.09. The van der Waals surface area contributed by atoms with Crippen LogP contribution < -0.4 is 14.2 Å². The average Bonchev–Trinajstić information content (AvgIpc) is 2.84. The van der Waals surface area contributed by atoms with Gasteiger partial charge in [-0.05, 0) is 49.2 Å². The molecule has 0 spiro atoms. The second-order valence-electron chi connectivity index (χ2n) is 7.68. The molecule has 8 nitrogen and oxygen atoms in total. The normalized spacial score (nSPS) is 11.5. The van der Waals surface area contributed by atoms with Gasteiger partial charge in [0.15, 0.2) is 0 Å². The molecule has 0 bridgehead atoms. The summed E-state index contributed by atoms with van der Waals surface area (Å²) < 4.78 is 66.7. The number of anilines is 1. The highest BCUT2D eigenvalue weighted by Crippen LogP contribution is 2.35. The van der Waals surface area contributed by atoms with Crippen molar-refractivity contribution >= 4 is 42.5 Å². The molecule has 1 N–H and O–H groups in total. The Morgan fingerprint density at radius 1 is 1.06 bits per heavy atom. The van der Waals surface area contributed by atoms with Crippen LogP contribution in [0.25, 0.3) is 22.0 Å². The van der Waals surface area contributed by atoms with Gasteiger partial charge in [0.1, 0.15) is 39.8 Å². The lowest BCUT2D eigenvalue weighted by atomic mass is 10.0. The number of ether oxygens (including phenoxy) is 2. The summed E-state index contributed by atoms with van der Waals surface area (Å²) in [5.74, 6) is -1.60. The van der Waals surface area contributed by atoms with Gasteiger partial charge in [-0.2, -0.15) is 0 Å². The van der Waals surface area contributed by atoms with Crippen LogP contribution in [0.2, 0.25) is 0 Å². The monoisotopic (exact) mass is 578 g/mol. The van der Waals surface area contributed by atoms with Gasteiger partial charge < -0.3 is 9.47 Å². The number of fused-ring (bicyclic) bond motifs is 1. The molecule has 2 aromatic carbocycles. The molecule has 0 radical (unpaired) electrons. The number of rotatable bonds is 9. The van der Waals surface area contributed by atoms with Gasteiger partial charge >= 0.3 is 0 Å². The van der Waals surface area contributed by atoms with Gasteiger partial charge in [0, 0.05) is 34.2 Å². The van der Waals surface area contributed by atoms with Crippen molar-refractivity contribution in [2.45, 2.75) is 18.2 Å². The SMILES string of the molecule is COc1ncc(-c2cc(OCCCBr)c3ncnc(C)c3c2)cc1NS(=O)(=O)c1ccc(F)cc1F. The van der Waals surface area contributed by atoms with E-state index in [0.717, 1.165) is 35.0 Å². The van der Waals surface area contributed by atoms with Gasteiger partial charge in [-0.3, -0.25) is 4.72 Å². The van der Waals surface area contributed by atoms with Gasteiger partial charge in [-0.1, -0.05) is 15.9 Å². The second-order valence-corrected chi connectivity index (χ2v) is 10.1. The molecule has 0 aliphatic heterocycles. The average molecular weight is 579 g/mol. The number of benzene rings is 2. The van der Waals surface area contributed by atoms with Crippen molar-refractivity contribution < 1.29 is 26.7 Å². The fourth-order valence-electron chi connectivity index (χ4n) is 3.51. The molecule has 2 heterocycles. The van der Waals surface area contributed by atoms with Crippen molar-refractivity contribution in [1.82, 2.24) is 15.0 Å². The quantitative estimate of drug-likeness (QED) is 0.213. The third-order valence-electron chi connectivity index (χ3n) is 5.24. The van der Waals surface area contributed by atoms with Gasteiger partial charge in [-0.15, -0.1) is 0 Å². The first-order valence-electron chi connectivity index (χ1n) is 10.7. The smallest absolute Gasteiger partial charge is 0.264 e. The first-order chi connectivity index (χ1) is 17.2. The van der Waals surface area contributed by atoms with Crippen LogP contribution in [0.15, 0.2) is 53.8 Å². The zero-order chi connectivity index (χ0) is 25.9. The third-order valence-corrected chi connectivity index (χ3v) is 7.20. The predicted molar refractivity (Wildman–Crippen MR) is 135 cm³/mol. The third kappa shape index (κ3) is 5.39. The molecule has 0 atom stereocenters. The number of aromatic nitrogens is 3. The number of alkyl halides is 1. The van der Waals surface area contributed by atoms with E-state index >= 15 is 0 Å². The molecule has 0 saturated carbocycles. The fourth-order valence-corrected chi connectivity index (χ4v) is 4.85. The summed E-state index contributed by atoms with van der Waals surface area (Å²) in [6.45, 7) is 2.31. The summed E-state index contributed by atoms with van der Waals surface area (Å²) in [7, 11) is -3.09. The lowest BCUT2D eigenvalue weighted by Gasteiger charge is -2.15. The minimum atomic E-state index is -4.42. The van der Waals surface area contributed by atoms with Crippen molar-refractivity contribution in [3.8, 4) is 22.8 Å². The van der Waals surface area contributed by atoms with Crippen LogP contribution >= 0.6 is 15.9 Å². The zero-order valence-electron chi connectivity index (χ0n) is 19.3. The second kappa shape index (κ2) is 10.7. The number of hydrogen-bond acceptors (Lipinski definition) is 7. The number of halogens is 3. The van der Waals surface area contributed by atoms with Crippen molar-refractivity contribution in [3.63, 3.8) is 0 Å². The summed E-state index contributed by atoms with van der Waals surface area (Å²) in [6.07, 6.45) is 3.76. The summed E-state index contributed by atoms with van der Waals surface area (Å²) >= 11 is 3.38. The van der Waals surface area contributed by atoms with Crippen LogP contribution in [0, 0.1) is 18.6 Å². The Morgan fingerprint density at radius 2 is 1.86 bits per heavy atom. The molecule has 2 aromatic heterocycles. The molecule has 4 aromatic rings. The Balaban J connectivity index is 1.79. The standard InChI is InChI=1S/C24H21BrF2N4O4S/c1-14-18-8-15(10-21(35-7-3-6-25)23(18)30-13-29-14)16-9-20(24(34-2)28-12-16)31-36(32,33)22-5-4-17(26)11-19(22)27/h4-5,8-13,31H,3,6-7H2,1-2H3. The number of nitrogens with zero attached hydrogens (tertiary/aromatic N) is 3. The first-order valence-corrected chi connectivity index (χ1v) is 13.3. The molecule has 0 saturated heterocycles. The highest BCUT2D eigenvalue weighted by Gasteiger charge is 2.22. The van der Waals surface area contributed by atoms with E-state index in [-0.39, 0.29) is 11.6 Å². The maximum absolute atomic E-state index is 14.2. The molecule has 12 heteroatoms. The lowest BCUT2D eigenvalue weighted by molar-refractivity contribution is 0.322. The maximum Gasteiger partial charge on any atom is 0.264 e. The fraction of sp³-hybridized carbons (Fsp3) is 0.208. The molecule has 188 valence electrons. The van der Waals surface area contributed by atoms with Gasteiger partial charge in [-0.25, -0.2) is 32.2 Å². The highest BCUT2D eigenvalue weighted by atomic mass is 79.9. The number of nitrogens with one attached hydrogen (secondary N) is 1. The van der Waals surface area contributed by atoms with Gasteiger partial charge in [0.05, 0.1) is 13.7 Å². The van der Waals surface area contributed by atoms with E-state index in [1.54, 1.807) is 6.07 Å². The van der Waals surface area contributed by atoms with E-state index in [4.69, 9.17) is 9.47 Å². The number of hydrogen-bond donors (Lipinski definition) is 1. The molecule has 0 unspecified atom stereocenters. The largest absolute Gasteiger partial charge is 0.491 e. The van der Waals surface area contributed by atoms with Crippen LogP contribution in [0.1, 0.15) is 12.1 Å². The Morgan fingerprint density at radius 3 is 2.58 bits per heavy atom. The number of sulfonamides is 1. The minimum Gasteiger partial charge on any atom is -0.491 e. The first kappa shape index (κ1) is 25.7. The molecular weight excluding hydrogens is 558 g/mol. The van der Waals surface area contributed by atoms with Gasteiger partial charge in [0.25, 0.3) is 10.0 Å². The van der Waals surface area contributed by atoms with E-state index in [0.29, 0.717) is 35.1 Å². The number of pyridine rings is 1. The molecule has 4 rings (SSSR count). The Hall–Kier alpha value is -3.38. The zero-order valence-corrected chi connectivity index (χ0v) is 21.7. The molecular formula is C24H21BrF2N4O4S. The van der Waals surface area contributed by atoms with Gasteiger partial charge in [0.2, 0.25) is 5.88 Å². The Kier molecular flexibility index (Phi) is 7.65. The molecule has 0 amide bonds. The maximum atomic E-state index is 14.2. The van der Waals surface area contributed by atoms with Crippen LogP contribution in [0.5, 0.6) is 11.6 Å². The lowest BCUT2D eigenvalue weighted by Crippen LogP contribution is -2.15. The van der Waals surface area contributed by atoms with E-state index in [2.05, 4.69) is 35.6 Å². The number of aryl methyl sites for hydroxylation is 1. The molecule has 0 aliphatic rings. The van der Waals surface area contributed by atoms with E-state index < -0.39 is 26.6 Å². The van der Waals surface area contributed by atoms with Crippen LogP contribution in [0.4, 0.5) is 14.5 Å². The Labute approximate surface area is 214 Å². The van der Waals surface area contributed by atoms with Crippen LogP contribution in [-0.2, 0) is 10.0 Å². The topological polar surface area (TPSA) is 103 Å². The molecule has 0 aliphatic carbocycles. The van der Waals surface area contributed by atoms with E-state index in [9.17, 15) is 17.2 Å². The van der Waals surface area contributed by atoms with Crippen molar-refractivity contribution in [2.75, 3.05) is 23.8 Å². The summed E-state index contributed by atoms with van der Waals surface area (Å²) in [6, 6.07) is 7.35. The summed E-state index contributed by atoms with van der Waals surface area (Å²) in [5.41, 5.74) is 2.55. The van der Waals surface area contributed by atoms with E-state index in [1.165, 1.54) is 25.7 Å². The number of methoxy groups -OCH3 is 1. The molecule has 0 fully saturated rings. The van der Waals surface area contributed by atoms with Crippen LogP contribution in [0.3, 0.4) is 0 Å². The minimum absolute atomic E-state index is 0.0263. The van der Waals surface area contributed by atoms with Crippen LogP contribution in [-0.4, -0.2) is 42.4 Å². The summed E-state index contributed by atoms with van der Waals surface area (Å²) in [4.78, 5) is 12.1. The van der Waals surface area contributed by atoms with Crippen molar-refractivity contribution in [2.24, 2.45) is 0 Å². The van der Waals surface area contributed by atoms with Crippen molar-refractivity contribution in [3.05, 3.63) is 66.3 Å². The van der Waals surface area contributed by atoms with Crippen molar-refractivity contribution in [1.29, 1.82) is 0 Å². The Bertz CT molecular complexity index is 1540.